The number of aliphatic hydroxyl groups excluding tert-OH is 1. The van der Waals surface area contributed by atoms with Gasteiger partial charge in [-0.1, -0.05) is 26.3 Å². The van der Waals surface area contributed by atoms with Crippen LogP contribution in [0.15, 0.2) is 11.8 Å². The Morgan fingerprint density at radius 3 is 2.37 bits per heavy atom. The van der Waals surface area contributed by atoms with E-state index in [1.807, 2.05) is 19.9 Å². The van der Waals surface area contributed by atoms with Crippen LogP contribution in [0.1, 0.15) is 33.6 Å². The zero-order valence-electron chi connectivity index (χ0n) is 13.0. The SMILES string of the molecule is CC=C(O[Si](C)(C)C)C(C)C(O)C(=O)OCCCC. The van der Waals surface area contributed by atoms with E-state index in [-0.39, 0.29) is 5.92 Å². The molecule has 0 aromatic rings. The highest BCUT2D eigenvalue weighted by Crippen LogP contribution is 2.21. The molecule has 112 valence electrons. The second-order valence-corrected chi connectivity index (χ2v) is 10.1. The third-order valence-corrected chi connectivity index (χ3v) is 3.46. The first-order valence-corrected chi connectivity index (χ1v) is 10.3. The largest absolute Gasteiger partial charge is 0.547 e. The zero-order valence-corrected chi connectivity index (χ0v) is 14.0. The van der Waals surface area contributed by atoms with E-state index in [4.69, 9.17) is 9.16 Å². The van der Waals surface area contributed by atoms with E-state index in [0.717, 1.165) is 12.8 Å². The Balaban J connectivity index is 4.52. The fourth-order valence-electron chi connectivity index (χ4n) is 1.53. The van der Waals surface area contributed by atoms with Crippen LogP contribution in [0.5, 0.6) is 0 Å². The Morgan fingerprint density at radius 2 is 1.95 bits per heavy atom. The van der Waals surface area contributed by atoms with Gasteiger partial charge in [0.25, 0.3) is 0 Å². The van der Waals surface area contributed by atoms with Gasteiger partial charge in [0.05, 0.1) is 12.4 Å². The van der Waals surface area contributed by atoms with Crippen molar-refractivity contribution >= 4 is 14.3 Å². The van der Waals surface area contributed by atoms with Crippen LogP contribution in [0, 0.1) is 5.92 Å². The molecule has 5 heteroatoms. The summed E-state index contributed by atoms with van der Waals surface area (Å²) >= 11 is 0. The summed E-state index contributed by atoms with van der Waals surface area (Å²) in [5, 5.41) is 10.0. The van der Waals surface area contributed by atoms with E-state index in [0.29, 0.717) is 12.4 Å². The van der Waals surface area contributed by atoms with Crippen molar-refractivity contribution in [1.29, 1.82) is 0 Å². The van der Waals surface area contributed by atoms with Crippen molar-refractivity contribution in [3.63, 3.8) is 0 Å². The van der Waals surface area contributed by atoms with Gasteiger partial charge in [-0.3, -0.25) is 0 Å². The molecule has 0 aliphatic heterocycles. The van der Waals surface area contributed by atoms with Crippen LogP contribution in [-0.2, 0) is 14.0 Å². The number of rotatable bonds is 8. The Labute approximate surface area is 117 Å². The predicted molar refractivity (Wildman–Crippen MR) is 79.2 cm³/mol. The number of hydrogen-bond acceptors (Lipinski definition) is 4. The Kier molecular flexibility index (Phi) is 8.02. The minimum Gasteiger partial charge on any atom is -0.547 e. The van der Waals surface area contributed by atoms with Crippen molar-refractivity contribution in [1.82, 2.24) is 0 Å². The molecule has 0 aliphatic carbocycles. The summed E-state index contributed by atoms with van der Waals surface area (Å²) in [4.78, 5) is 11.7. The van der Waals surface area contributed by atoms with Gasteiger partial charge in [0.15, 0.2) is 6.10 Å². The summed E-state index contributed by atoms with van der Waals surface area (Å²) in [6, 6.07) is 0. The van der Waals surface area contributed by atoms with Crippen molar-refractivity contribution in [2.75, 3.05) is 6.61 Å². The summed E-state index contributed by atoms with van der Waals surface area (Å²) in [6.07, 6.45) is 2.41. The van der Waals surface area contributed by atoms with Crippen LogP contribution in [-0.4, -0.2) is 32.1 Å². The van der Waals surface area contributed by atoms with Crippen LogP contribution in [0.3, 0.4) is 0 Å². The minimum absolute atomic E-state index is 0.360. The lowest BCUT2D eigenvalue weighted by atomic mass is 10.0. The lowest BCUT2D eigenvalue weighted by molar-refractivity contribution is -0.156. The van der Waals surface area contributed by atoms with E-state index >= 15 is 0 Å². The van der Waals surface area contributed by atoms with Gasteiger partial charge in [0, 0.05) is 5.92 Å². The molecular formula is C14H28O4Si. The molecule has 0 radical (unpaired) electrons. The molecule has 0 saturated heterocycles. The maximum Gasteiger partial charge on any atom is 0.335 e. The predicted octanol–water partition coefficient (Wildman–Crippen LogP) is 3.08. The molecule has 0 bridgehead atoms. The topological polar surface area (TPSA) is 55.8 Å². The Morgan fingerprint density at radius 1 is 1.37 bits per heavy atom. The molecule has 0 fully saturated rings. The fraction of sp³-hybridized carbons (Fsp3) is 0.786. The molecule has 1 N–H and O–H groups in total. The van der Waals surface area contributed by atoms with E-state index in [1.165, 1.54) is 0 Å². The zero-order chi connectivity index (χ0) is 15.1. The van der Waals surface area contributed by atoms with Crippen molar-refractivity contribution in [3.05, 3.63) is 11.8 Å². The molecule has 0 aromatic heterocycles. The molecule has 4 nitrogen and oxygen atoms in total. The first-order valence-electron chi connectivity index (χ1n) is 6.92. The molecule has 0 rings (SSSR count). The monoisotopic (exact) mass is 288 g/mol. The van der Waals surface area contributed by atoms with Crippen LogP contribution >= 0.6 is 0 Å². The molecular weight excluding hydrogens is 260 g/mol. The molecule has 2 atom stereocenters. The number of unbranched alkanes of at least 4 members (excludes halogenated alkanes) is 1. The number of aliphatic hydroxyl groups is 1. The second kappa shape index (κ2) is 8.38. The Bertz CT molecular complexity index is 307. The summed E-state index contributed by atoms with van der Waals surface area (Å²) in [6.45, 7) is 12.2. The highest BCUT2D eigenvalue weighted by atomic mass is 28.4. The molecule has 19 heavy (non-hydrogen) atoms. The quantitative estimate of drug-likeness (QED) is 0.323. The van der Waals surface area contributed by atoms with E-state index in [1.54, 1.807) is 6.92 Å². The first-order chi connectivity index (χ1) is 8.72. The number of carbonyl (C=O) groups excluding carboxylic acids is 1. The van der Waals surface area contributed by atoms with Crippen molar-refractivity contribution < 1.29 is 19.1 Å². The van der Waals surface area contributed by atoms with E-state index in [2.05, 4.69) is 19.6 Å². The molecule has 0 aliphatic rings. The van der Waals surface area contributed by atoms with Crippen molar-refractivity contribution in [3.8, 4) is 0 Å². The molecule has 0 aromatic carbocycles. The van der Waals surface area contributed by atoms with E-state index in [9.17, 15) is 9.90 Å². The number of allylic oxidation sites excluding steroid dienone is 1. The van der Waals surface area contributed by atoms with Gasteiger partial charge in [-0.15, -0.1) is 0 Å². The standard InChI is InChI=1S/C14H28O4Si/c1-7-9-10-17-14(16)13(15)11(3)12(8-2)18-19(4,5)6/h8,11,13,15H,7,9-10H2,1-6H3. The van der Waals surface area contributed by atoms with Gasteiger partial charge in [-0.25, -0.2) is 4.79 Å². The number of carbonyl (C=O) groups is 1. The summed E-state index contributed by atoms with van der Waals surface area (Å²) in [7, 11) is -1.75. The number of ether oxygens (including phenoxy) is 1. The summed E-state index contributed by atoms with van der Waals surface area (Å²) in [5.41, 5.74) is 0. The molecule has 2 unspecified atom stereocenters. The average Bonchev–Trinajstić information content (AvgIpc) is 2.33. The minimum atomic E-state index is -1.75. The first kappa shape index (κ1) is 18.2. The number of esters is 1. The van der Waals surface area contributed by atoms with Gasteiger partial charge in [-0.05, 0) is 33.0 Å². The van der Waals surface area contributed by atoms with E-state index < -0.39 is 20.4 Å². The van der Waals surface area contributed by atoms with Gasteiger partial charge in [-0.2, -0.15) is 0 Å². The lowest BCUT2D eigenvalue weighted by Gasteiger charge is -2.27. The van der Waals surface area contributed by atoms with Gasteiger partial charge < -0.3 is 14.3 Å². The van der Waals surface area contributed by atoms with Crippen LogP contribution in [0.25, 0.3) is 0 Å². The van der Waals surface area contributed by atoms with Crippen molar-refractivity contribution in [2.24, 2.45) is 5.92 Å². The lowest BCUT2D eigenvalue weighted by Crippen LogP contribution is -2.35. The van der Waals surface area contributed by atoms with Crippen molar-refractivity contribution in [2.45, 2.75) is 59.4 Å². The van der Waals surface area contributed by atoms with Gasteiger partial charge >= 0.3 is 5.97 Å². The van der Waals surface area contributed by atoms with Crippen LogP contribution < -0.4 is 0 Å². The van der Waals surface area contributed by atoms with Gasteiger partial charge in [0.2, 0.25) is 8.32 Å². The highest BCUT2D eigenvalue weighted by molar-refractivity contribution is 6.70. The Hall–Kier alpha value is -0.813. The van der Waals surface area contributed by atoms with Gasteiger partial charge in [0.1, 0.15) is 0 Å². The maximum atomic E-state index is 11.7. The molecule has 0 heterocycles. The highest BCUT2D eigenvalue weighted by Gasteiger charge is 2.30. The fourth-order valence-corrected chi connectivity index (χ4v) is 2.54. The second-order valence-electron chi connectivity index (χ2n) is 5.66. The smallest absolute Gasteiger partial charge is 0.335 e. The summed E-state index contributed by atoms with van der Waals surface area (Å²) < 4.78 is 10.9. The maximum absolute atomic E-state index is 11.7. The van der Waals surface area contributed by atoms with Crippen LogP contribution in [0.4, 0.5) is 0 Å². The number of hydrogen-bond donors (Lipinski definition) is 1. The normalized spacial score (nSPS) is 15.8. The molecule has 0 spiro atoms. The molecule has 0 saturated carbocycles. The summed E-state index contributed by atoms with van der Waals surface area (Å²) in [5.74, 6) is -0.288. The molecule has 0 amide bonds. The average molecular weight is 288 g/mol. The third kappa shape index (κ3) is 7.37. The van der Waals surface area contributed by atoms with Crippen LogP contribution in [0.2, 0.25) is 19.6 Å². The third-order valence-electron chi connectivity index (χ3n) is 2.61.